The first-order valence-electron chi connectivity index (χ1n) is 17.6. The number of rotatable bonds is 3. The summed E-state index contributed by atoms with van der Waals surface area (Å²) >= 11 is 0. The molecule has 0 aliphatic heterocycles. The molecule has 48 heavy (non-hydrogen) atoms. The van der Waals surface area contributed by atoms with Crippen LogP contribution in [-0.2, 0) is 32.5 Å². The highest BCUT2D eigenvalue weighted by molar-refractivity contribution is 5.66. The van der Waals surface area contributed by atoms with Gasteiger partial charge in [0.15, 0.2) is 0 Å². The molecule has 4 aromatic heterocycles. The third-order valence-corrected chi connectivity index (χ3v) is 10.8. The number of aromatic nitrogens is 8. The predicted octanol–water partition coefficient (Wildman–Crippen LogP) is 9.14. The number of pyridine rings is 2. The van der Waals surface area contributed by atoms with Gasteiger partial charge in [-0.05, 0) is 71.9 Å². The molecule has 4 aromatic rings. The molecule has 0 saturated carbocycles. The Morgan fingerprint density at radius 2 is 0.688 bits per heavy atom. The van der Waals surface area contributed by atoms with Crippen LogP contribution in [0.3, 0.4) is 0 Å². The van der Waals surface area contributed by atoms with Crippen LogP contribution < -0.4 is 0 Å². The van der Waals surface area contributed by atoms with Gasteiger partial charge >= 0.3 is 0 Å². The van der Waals surface area contributed by atoms with Crippen LogP contribution in [0, 0.1) is 0 Å². The Kier molecular flexibility index (Phi) is 7.77. The fourth-order valence-corrected chi connectivity index (χ4v) is 6.87. The van der Waals surface area contributed by atoms with Gasteiger partial charge in [-0.15, -0.1) is 10.2 Å². The van der Waals surface area contributed by atoms with Crippen LogP contribution in [0.2, 0.25) is 0 Å². The van der Waals surface area contributed by atoms with Crippen molar-refractivity contribution in [2.75, 3.05) is 0 Å². The van der Waals surface area contributed by atoms with E-state index in [2.05, 4.69) is 121 Å². The van der Waals surface area contributed by atoms with Crippen molar-refractivity contribution < 1.29 is 0 Å². The SMILES string of the molecule is CC(C)(C)c1cc(-c2cc(C(C)(C)C)cc(-c3nnc4c(n3)C(C)(C)CCC4(C)C)n2)nc(-c2nnc3c(n2)C(C)(C)CCC3(C)C)c1. The normalized spacial score (nSPS) is 19.4. The molecule has 0 N–H and O–H groups in total. The number of fused-ring (bicyclic) bond motifs is 2. The molecule has 0 amide bonds. The summed E-state index contributed by atoms with van der Waals surface area (Å²) < 4.78 is 0. The van der Waals surface area contributed by atoms with Gasteiger partial charge in [-0.25, -0.2) is 19.9 Å². The minimum Gasteiger partial charge on any atom is -0.243 e. The van der Waals surface area contributed by atoms with Gasteiger partial charge in [-0.2, -0.15) is 10.2 Å². The summed E-state index contributed by atoms with van der Waals surface area (Å²) in [4.78, 5) is 20.8. The highest BCUT2D eigenvalue weighted by atomic mass is 15.2. The Labute approximate surface area is 287 Å². The molecule has 8 heteroatoms. The zero-order chi connectivity index (χ0) is 35.2. The van der Waals surface area contributed by atoms with Crippen molar-refractivity contribution in [3.05, 3.63) is 58.2 Å². The molecule has 0 atom stereocenters. The molecule has 0 fully saturated rings. The summed E-state index contributed by atoms with van der Waals surface area (Å²) in [5, 5.41) is 19.0. The quantitative estimate of drug-likeness (QED) is 0.217. The summed E-state index contributed by atoms with van der Waals surface area (Å²) in [7, 11) is 0. The van der Waals surface area contributed by atoms with Crippen LogP contribution in [0.5, 0.6) is 0 Å². The lowest BCUT2D eigenvalue weighted by molar-refractivity contribution is 0.311. The van der Waals surface area contributed by atoms with Gasteiger partial charge in [0.05, 0.1) is 34.2 Å². The highest BCUT2D eigenvalue weighted by Gasteiger charge is 2.42. The van der Waals surface area contributed by atoms with E-state index in [1.54, 1.807) is 0 Å². The molecular weight excluding hydrogens is 592 g/mol. The standard InChI is InChI=1S/C40H54N8/c1-35(2,3)23-19-25(41-27(21-23)33-43-29-31(45-47-33)39(11,12)17-15-37(29,7)8)26-20-24(36(4,5)6)22-28(42-26)34-44-30-32(46-48-34)40(13,14)18-16-38(30,9)10/h19-22H,15-18H2,1-14H3. The van der Waals surface area contributed by atoms with E-state index in [-0.39, 0.29) is 32.5 Å². The van der Waals surface area contributed by atoms with Crippen molar-refractivity contribution in [2.24, 2.45) is 0 Å². The van der Waals surface area contributed by atoms with Gasteiger partial charge in [0.1, 0.15) is 11.4 Å². The van der Waals surface area contributed by atoms with Crippen LogP contribution in [0.1, 0.15) is 157 Å². The molecule has 0 radical (unpaired) electrons. The van der Waals surface area contributed by atoms with E-state index in [0.29, 0.717) is 23.0 Å². The third-order valence-electron chi connectivity index (χ3n) is 10.8. The van der Waals surface area contributed by atoms with Crippen LogP contribution in [-0.4, -0.2) is 40.3 Å². The fourth-order valence-electron chi connectivity index (χ4n) is 6.87. The van der Waals surface area contributed by atoms with Crippen LogP contribution >= 0.6 is 0 Å². The first-order chi connectivity index (χ1) is 22.0. The first kappa shape index (κ1) is 34.2. The van der Waals surface area contributed by atoms with Crippen molar-refractivity contribution in [1.82, 2.24) is 40.3 Å². The van der Waals surface area contributed by atoms with Crippen molar-refractivity contribution in [3.63, 3.8) is 0 Å². The van der Waals surface area contributed by atoms with E-state index >= 15 is 0 Å². The van der Waals surface area contributed by atoms with E-state index in [0.717, 1.165) is 71.0 Å². The van der Waals surface area contributed by atoms with Crippen molar-refractivity contribution in [1.29, 1.82) is 0 Å². The molecular formula is C40H54N8. The van der Waals surface area contributed by atoms with E-state index in [1.165, 1.54) is 0 Å². The first-order valence-corrected chi connectivity index (χ1v) is 17.6. The zero-order valence-corrected chi connectivity index (χ0v) is 31.7. The maximum absolute atomic E-state index is 5.21. The van der Waals surface area contributed by atoms with Gasteiger partial charge in [0, 0.05) is 21.7 Å². The number of nitrogens with zero attached hydrogens (tertiary/aromatic N) is 8. The Hall–Kier alpha value is -3.68. The largest absolute Gasteiger partial charge is 0.243 e. The second-order valence-electron chi connectivity index (χ2n) is 19.0. The maximum atomic E-state index is 5.21. The van der Waals surface area contributed by atoms with Crippen LogP contribution in [0.4, 0.5) is 0 Å². The molecule has 4 heterocycles. The lowest BCUT2D eigenvalue weighted by Gasteiger charge is -2.39. The molecule has 6 rings (SSSR count). The molecule has 0 unspecified atom stereocenters. The van der Waals surface area contributed by atoms with Gasteiger partial charge in [-0.1, -0.05) is 96.9 Å². The molecule has 2 aliphatic rings. The lowest BCUT2D eigenvalue weighted by Crippen LogP contribution is -2.36. The van der Waals surface area contributed by atoms with Crippen molar-refractivity contribution in [2.45, 2.75) is 155 Å². The maximum Gasteiger partial charge on any atom is 0.200 e. The van der Waals surface area contributed by atoms with E-state index in [4.69, 9.17) is 40.3 Å². The average Bonchev–Trinajstić information content (AvgIpc) is 3.00. The summed E-state index contributed by atoms with van der Waals surface area (Å²) in [6, 6.07) is 8.53. The van der Waals surface area contributed by atoms with Gasteiger partial charge in [0.25, 0.3) is 0 Å². The molecule has 2 aliphatic carbocycles. The summed E-state index contributed by atoms with van der Waals surface area (Å²) in [6.07, 6.45) is 4.21. The van der Waals surface area contributed by atoms with Gasteiger partial charge in [0.2, 0.25) is 11.6 Å². The molecule has 0 saturated heterocycles. The Morgan fingerprint density at radius 3 is 1.00 bits per heavy atom. The molecule has 254 valence electrons. The van der Waals surface area contributed by atoms with E-state index in [1.807, 2.05) is 0 Å². The second kappa shape index (κ2) is 10.9. The van der Waals surface area contributed by atoms with E-state index in [9.17, 15) is 0 Å². The number of hydrogen-bond acceptors (Lipinski definition) is 8. The summed E-state index contributed by atoms with van der Waals surface area (Å²) in [5.41, 5.74) is 8.58. The topological polar surface area (TPSA) is 103 Å². The van der Waals surface area contributed by atoms with Crippen LogP contribution in [0.15, 0.2) is 24.3 Å². The molecule has 0 spiro atoms. The van der Waals surface area contributed by atoms with Crippen LogP contribution in [0.25, 0.3) is 34.4 Å². The van der Waals surface area contributed by atoms with Gasteiger partial charge in [-0.3, -0.25) is 0 Å². The number of hydrogen-bond donors (Lipinski definition) is 0. The monoisotopic (exact) mass is 646 g/mol. The predicted molar refractivity (Wildman–Crippen MR) is 193 cm³/mol. The summed E-state index contributed by atoms with van der Waals surface area (Å²) in [6.45, 7) is 31.3. The molecule has 8 nitrogen and oxygen atoms in total. The highest BCUT2D eigenvalue weighted by Crippen LogP contribution is 2.45. The minimum atomic E-state index is -0.149. The molecule has 0 bridgehead atoms. The third kappa shape index (κ3) is 6.16. The Balaban J connectivity index is 1.55. The minimum absolute atomic E-state index is 0.0679. The second-order valence-corrected chi connectivity index (χ2v) is 19.0. The van der Waals surface area contributed by atoms with Crippen molar-refractivity contribution in [3.8, 4) is 34.4 Å². The zero-order valence-electron chi connectivity index (χ0n) is 31.7. The smallest absolute Gasteiger partial charge is 0.200 e. The fraction of sp³-hybridized carbons (Fsp3) is 0.600. The Bertz CT molecular complexity index is 1760. The van der Waals surface area contributed by atoms with Crippen molar-refractivity contribution >= 4 is 0 Å². The molecule has 0 aromatic carbocycles. The average molecular weight is 647 g/mol. The Morgan fingerprint density at radius 1 is 0.396 bits per heavy atom. The van der Waals surface area contributed by atoms with Gasteiger partial charge < -0.3 is 0 Å². The van der Waals surface area contributed by atoms with E-state index < -0.39 is 0 Å². The summed E-state index contributed by atoms with van der Waals surface area (Å²) in [5.74, 6) is 1.09. The lowest BCUT2D eigenvalue weighted by atomic mass is 9.67.